The molecule has 0 unspecified atom stereocenters. The lowest BCUT2D eigenvalue weighted by Crippen LogP contribution is -2.33. The highest BCUT2D eigenvalue weighted by Crippen LogP contribution is 2.36. The molecule has 1 amide bonds. The maximum atomic E-state index is 12.5. The number of thioether (sulfide) groups is 1. The van der Waals surface area contributed by atoms with Crippen molar-refractivity contribution in [2.45, 2.75) is 50.3 Å². The molecule has 1 saturated heterocycles. The van der Waals surface area contributed by atoms with Crippen molar-refractivity contribution in [1.82, 2.24) is 15.3 Å². The van der Waals surface area contributed by atoms with Gasteiger partial charge in [-0.3, -0.25) is 9.59 Å². The minimum absolute atomic E-state index is 0.0625. The van der Waals surface area contributed by atoms with E-state index in [0.717, 1.165) is 48.9 Å². The number of aromatic amines is 1. The van der Waals surface area contributed by atoms with Gasteiger partial charge in [0.1, 0.15) is 4.83 Å². The first-order chi connectivity index (χ1) is 12.6. The van der Waals surface area contributed by atoms with Crippen LogP contribution >= 0.6 is 23.1 Å². The Bertz CT molecular complexity index is 870. The highest BCUT2D eigenvalue weighted by molar-refractivity contribution is 7.99. The second-order valence-corrected chi connectivity index (χ2v) is 9.18. The molecule has 3 heterocycles. The molecule has 0 radical (unpaired) electrons. The van der Waals surface area contributed by atoms with E-state index in [-0.39, 0.29) is 23.3 Å². The number of hydrogen-bond donors (Lipinski definition) is 2. The summed E-state index contributed by atoms with van der Waals surface area (Å²) in [4.78, 5) is 34.1. The van der Waals surface area contributed by atoms with Crippen LogP contribution in [0.5, 0.6) is 0 Å². The van der Waals surface area contributed by atoms with Gasteiger partial charge in [0.15, 0.2) is 5.16 Å². The topological polar surface area (TPSA) is 84.1 Å². The van der Waals surface area contributed by atoms with Crippen molar-refractivity contribution in [2.75, 3.05) is 18.9 Å². The molecule has 0 saturated carbocycles. The summed E-state index contributed by atoms with van der Waals surface area (Å²) in [6, 6.07) is 0. The molecule has 1 fully saturated rings. The number of thiophene rings is 1. The second-order valence-electron chi connectivity index (χ2n) is 7.13. The molecule has 8 heteroatoms. The van der Waals surface area contributed by atoms with Gasteiger partial charge in [-0.2, -0.15) is 0 Å². The van der Waals surface area contributed by atoms with Gasteiger partial charge in [-0.05, 0) is 43.6 Å². The summed E-state index contributed by atoms with van der Waals surface area (Å²) in [6.07, 6.45) is 5.31. The number of aryl methyl sites for hydroxylation is 1. The van der Waals surface area contributed by atoms with E-state index in [0.29, 0.717) is 17.6 Å². The third-order valence-corrected chi connectivity index (χ3v) is 7.06. The first-order valence-corrected chi connectivity index (χ1v) is 11.0. The summed E-state index contributed by atoms with van der Waals surface area (Å²) in [7, 11) is 0. The number of carbonyl (C=O) groups excluding carboxylic acids is 1. The van der Waals surface area contributed by atoms with Crippen LogP contribution in [0, 0.1) is 5.92 Å². The molecule has 0 spiro atoms. The fourth-order valence-electron chi connectivity index (χ4n) is 3.62. The molecule has 1 aliphatic carbocycles. The Morgan fingerprint density at radius 2 is 2.35 bits per heavy atom. The first kappa shape index (κ1) is 18.0. The van der Waals surface area contributed by atoms with Crippen LogP contribution in [-0.2, 0) is 22.4 Å². The van der Waals surface area contributed by atoms with E-state index in [2.05, 4.69) is 22.2 Å². The number of nitrogens with zero attached hydrogens (tertiary/aromatic N) is 1. The first-order valence-electron chi connectivity index (χ1n) is 9.16. The number of rotatable bonds is 5. The molecule has 4 rings (SSSR count). The van der Waals surface area contributed by atoms with Gasteiger partial charge in [0, 0.05) is 18.0 Å². The van der Waals surface area contributed by atoms with Crippen molar-refractivity contribution in [3.8, 4) is 0 Å². The molecule has 0 bridgehead atoms. The van der Waals surface area contributed by atoms with Crippen LogP contribution in [0.15, 0.2) is 9.95 Å². The molecule has 0 aromatic carbocycles. The van der Waals surface area contributed by atoms with Crippen molar-refractivity contribution in [2.24, 2.45) is 5.92 Å². The van der Waals surface area contributed by atoms with Crippen LogP contribution in [0.4, 0.5) is 0 Å². The summed E-state index contributed by atoms with van der Waals surface area (Å²) in [5.74, 6) is 0.840. The van der Waals surface area contributed by atoms with Crippen molar-refractivity contribution < 1.29 is 9.53 Å². The molecule has 2 N–H and O–H groups in total. The Morgan fingerprint density at radius 3 is 3.15 bits per heavy atom. The van der Waals surface area contributed by atoms with Crippen LogP contribution in [0.1, 0.15) is 36.6 Å². The molecule has 6 nitrogen and oxygen atoms in total. The van der Waals surface area contributed by atoms with Crippen LogP contribution in [0.3, 0.4) is 0 Å². The Balaban J connectivity index is 1.42. The van der Waals surface area contributed by atoms with Gasteiger partial charge >= 0.3 is 0 Å². The zero-order chi connectivity index (χ0) is 18.1. The number of H-pyrrole nitrogens is 1. The number of carbonyl (C=O) groups is 1. The molecular weight excluding hydrogens is 370 g/mol. The Kier molecular flexibility index (Phi) is 5.33. The summed E-state index contributed by atoms with van der Waals surface area (Å²) < 4.78 is 5.50. The van der Waals surface area contributed by atoms with Gasteiger partial charge in [-0.15, -0.1) is 11.3 Å². The van der Waals surface area contributed by atoms with Crippen LogP contribution < -0.4 is 10.9 Å². The smallest absolute Gasteiger partial charge is 0.260 e. The van der Waals surface area contributed by atoms with E-state index in [1.54, 1.807) is 11.3 Å². The zero-order valence-electron chi connectivity index (χ0n) is 14.8. The fraction of sp³-hybridized carbons (Fsp3) is 0.611. The van der Waals surface area contributed by atoms with E-state index in [1.165, 1.54) is 22.2 Å². The predicted molar refractivity (Wildman–Crippen MR) is 104 cm³/mol. The molecule has 2 aromatic heterocycles. The minimum Gasteiger partial charge on any atom is -0.376 e. The summed E-state index contributed by atoms with van der Waals surface area (Å²) in [6.45, 7) is 3.59. The number of nitrogens with one attached hydrogen (secondary N) is 2. The number of amides is 1. The van der Waals surface area contributed by atoms with E-state index in [4.69, 9.17) is 4.74 Å². The lowest BCUT2D eigenvalue weighted by Gasteiger charge is -2.17. The van der Waals surface area contributed by atoms with Crippen LogP contribution in [-0.4, -0.2) is 40.9 Å². The Morgan fingerprint density at radius 1 is 1.46 bits per heavy atom. The maximum Gasteiger partial charge on any atom is 0.260 e. The lowest BCUT2D eigenvalue weighted by molar-refractivity contribution is -0.119. The standard InChI is InChI=1S/C18H23N3O3S2/c1-10-4-5-12-13(7-10)26-17-15(12)16(23)20-18(21-17)25-9-14(22)19-8-11-3-2-6-24-11/h10-11H,2-9H2,1H3,(H,19,22)(H,20,21,23)/t10-,11+/m0/s1. The Hall–Kier alpha value is -1.38. The van der Waals surface area contributed by atoms with Gasteiger partial charge < -0.3 is 15.0 Å². The van der Waals surface area contributed by atoms with Crippen LogP contribution in [0.25, 0.3) is 10.2 Å². The SMILES string of the molecule is C[C@H]1CCc2c(sc3nc(SCC(=O)NC[C@H]4CCCO4)[nH]c(=O)c23)C1. The van der Waals surface area contributed by atoms with Gasteiger partial charge in [-0.1, -0.05) is 18.7 Å². The summed E-state index contributed by atoms with van der Waals surface area (Å²) in [5.41, 5.74) is 1.10. The quantitative estimate of drug-likeness (QED) is 0.602. The largest absolute Gasteiger partial charge is 0.376 e. The van der Waals surface area contributed by atoms with Crippen molar-refractivity contribution in [1.29, 1.82) is 0 Å². The van der Waals surface area contributed by atoms with Gasteiger partial charge in [0.25, 0.3) is 5.56 Å². The van der Waals surface area contributed by atoms with E-state index >= 15 is 0 Å². The third-order valence-electron chi connectivity index (χ3n) is 5.03. The average Bonchev–Trinajstić information content (AvgIpc) is 3.24. The van der Waals surface area contributed by atoms with E-state index < -0.39 is 0 Å². The monoisotopic (exact) mass is 393 g/mol. The highest BCUT2D eigenvalue weighted by Gasteiger charge is 2.23. The van der Waals surface area contributed by atoms with Gasteiger partial charge in [-0.25, -0.2) is 4.98 Å². The normalized spacial score (nSPS) is 22.5. The van der Waals surface area contributed by atoms with Crippen molar-refractivity contribution in [3.63, 3.8) is 0 Å². The van der Waals surface area contributed by atoms with Gasteiger partial charge in [0.2, 0.25) is 5.91 Å². The predicted octanol–water partition coefficient (Wildman–Crippen LogP) is 2.50. The average molecular weight is 394 g/mol. The van der Waals surface area contributed by atoms with Gasteiger partial charge in [0.05, 0.1) is 17.2 Å². The molecule has 2 aromatic rings. The van der Waals surface area contributed by atoms with Crippen molar-refractivity contribution in [3.05, 3.63) is 20.8 Å². The number of fused-ring (bicyclic) bond motifs is 3. The second kappa shape index (κ2) is 7.70. The molecule has 2 aliphatic rings. The highest BCUT2D eigenvalue weighted by atomic mass is 32.2. The van der Waals surface area contributed by atoms with E-state index in [9.17, 15) is 9.59 Å². The lowest BCUT2D eigenvalue weighted by atomic mass is 9.89. The van der Waals surface area contributed by atoms with Crippen LogP contribution in [0.2, 0.25) is 0 Å². The molecular formula is C18H23N3O3S2. The van der Waals surface area contributed by atoms with E-state index in [1.807, 2.05) is 0 Å². The fourth-order valence-corrected chi connectivity index (χ4v) is 5.75. The zero-order valence-corrected chi connectivity index (χ0v) is 16.4. The maximum absolute atomic E-state index is 12.5. The minimum atomic E-state index is -0.0793. The summed E-state index contributed by atoms with van der Waals surface area (Å²) in [5, 5.41) is 4.16. The third kappa shape index (κ3) is 3.82. The van der Waals surface area contributed by atoms with Crippen molar-refractivity contribution >= 4 is 39.2 Å². The molecule has 2 atom stereocenters. The number of aromatic nitrogens is 2. The molecule has 140 valence electrons. The number of ether oxygens (including phenoxy) is 1. The Labute approximate surface area is 160 Å². The molecule has 1 aliphatic heterocycles. The molecule has 26 heavy (non-hydrogen) atoms. The number of hydrogen-bond acceptors (Lipinski definition) is 6. The summed E-state index contributed by atoms with van der Waals surface area (Å²) >= 11 is 2.91.